The first-order valence-electron chi connectivity index (χ1n) is 6.22. The van der Waals surface area contributed by atoms with E-state index in [1.165, 1.54) is 0 Å². The molecular weight excluding hydrogens is 252 g/mol. The van der Waals surface area contributed by atoms with Gasteiger partial charge in [-0.05, 0) is 26.8 Å². The molecule has 0 aromatic carbocycles. The highest BCUT2D eigenvalue weighted by molar-refractivity contribution is 6.60. The van der Waals surface area contributed by atoms with Gasteiger partial charge in [0.25, 0.3) is 0 Å². The Morgan fingerprint density at radius 3 is 1.89 bits per heavy atom. The highest BCUT2D eigenvalue weighted by atomic mass is 28.4. The van der Waals surface area contributed by atoms with Crippen LogP contribution in [0, 0.1) is 0 Å². The van der Waals surface area contributed by atoms with Crippen LogP contribution in [-0.4, -0.2) is 61.0 Å². The Kier molecular flexibility index (Phi) is 15.1. The third-order valence-corrected chi connectivity index (χ3v) is 4.92. The van der Waals surface area contributed by atoms with Gasteiger partial charge in [0.2, 0.25) is 0 Å². The number of nitrogens with one attached hydrogen (secondary N) is 1. The minimum atomic E-state index is -2.35. The number of nitrogens with two attached hydrogens (primary N) is 1. The van der Waals surface area contributed by atoms with Crippen molar-refractivity contribution in [2.45, 2.75) is 32.4 Å². The third-order valence-electron chi connectivity index (χ3n) is 2.09. The predicted octanol–water partition coefficient (Wildman–Crippen LogP) is 0.190. The van der Waals surface area contributed by atoms with E-state index < -0.39 is 8.80 Å². The summed E-state index contributed by atoms with van der Waals surface area (Å²) in [5.41, 5.74) is 5.35. The van der Waals surface area contributed by atoms with E-state index in [-0.39, 0.29) is 6.10 Å². The summed E-state index contributed by atoms with van der Waals surface area (Å²) < 4.78 is 15.9. The van der Waals surface area contributed by atoms with Crippen molar-refractivity contribution < 1.29 is 18.4 Å². The molecule has 0 radical (unpaired) electrons. The molecule has 0 amide bonds. The van der Waals surface area contributed by atoms with Gasteiger partial charge >= 0.3 is 8.80 Å². The number of aliphatic hydroxyl groups excluding tert-OH is 1. The first kappa shape index (κ1) is 20.3. The molecular formula is C11H30N2O4Si. The minimum absolute atomic E-state index is 0.167. The van der Waals surface area contributed by atoms with Gasteiger partial charge in [-0.1, -0.05) is 0 Å². The normalized spacial score (nSPS) is 11.3. The van der Waals surface area contributed by atoms with Crippen molar-refractivity contribution in [3.05, 3.63) is 0 Å². The second-order valence-corrected chi connectivity index (χ2v) is 7.12. The van der Waals surface area contributed by atoms with Gasteiger partial charge in [-0.3, -0.25) is 0 Å². The molecule has 6 nitrogen and oxygen atoms in total. The van der Waals surface area contributed by atoms with Gasteiger partial charge in [-0.25, -0.2) is 0 Å². The third kappa shape index (κ3) is 12.4. The van der Waals surface area contributed by atoms with Crippen LogP contribution in [0.2, 0.25) is 6.04 Å². The Morgan fingerprint density at radius 2 is 1.56 bits per heavy atom. The Morgan fingerprint density at radius 1 is 1.11 bits per heavy atom. The zero-order valence-electron chi connectivity index (χ0n) is 12.4. The molecule has 0 fully saturated rings. The van der Waals surface area contributed by atoms with Gasteiger partial charge in [-0.15, -0.1) is 0 Å². The summed E-state index contributed by atoms with van der Waals surface area (Å²) in [6.07, 6.45) is 0.807. The molecule has 0 aromatic rings. The average Bonchev–Trinajstić information content (AvgIpc) is 2.34. The molecule has 0 unspecified atom stereocenters. The van der Waals surface area contributed by atoms with Crippen LogP contribution in [-0.2, 0) is 13.3 Å². The fourth-order valence-corrected chi connectivity index (χ4v) is 2.94. The molecule has 0 aliphatic carbocycles. The van der Waals surface area contributed by atoms with E-state index >= 15 is 0 Å². The van der Waals surface area contributed by atoms with Gasteiger partial charge < -0.3 is 29.4 Å². The maximum atomic E-state index is 8.06. The van der Waals surface area contributed by atoms with Crippen molar-refractivity contribution in [1.29, 1.82) is 0 Å². The van der Waals surface area contributed by atoms with Crippen LogP contribution in [0.4, 0.5) is 0 Å². The lowest BCUT2D eigenvalue weighted by Crippen LogP contribution is -2.43. The molecule has 4 N–H and O–H groups in total. The molecule has 112 valence electrons. The number of rotatable bonds is 9. The van der Waals surface area contributed by atoms with E-state index in [0.29, 0.717) is 6.54 Å². The summed E-state index contributed by atoms with van der Waals surface area (Å²) in [6.45, 7) is 5.88. The van der Waals surface area contributed by atoms with Crippen molar-refractivity contribution >= 4 is 8.80 Å². The van der Waals surface area contributed by atoms with E-state index in [4.69, 9.17) is 24.1 Å². The smallest absolute Gasteiger partial charge is 0.394 e. The fraction of sp³-hybridized carbons (Fsp3) is 1.00. The molecule has 0 aromatic heterocycles. The first-order chi connectivity index (χ1) is 8.47. The topological polar surface area (TPSA) is 86.0 Å². The lowest BCUT2D eigenvalue weighted by molar-refractivity contribution is 0.123. The number of hydrogen-bond acceptors (Lipinski definition) is 6. The van der Waals surface area contributed by atoms with Gasteiger partial charge in [0.15, 0.2) is 0 Å². The van der Waals surface area contributed by atoms with Crippen LogP contribution in [0.5, 0.6) is 0 Å². The summed E-state index contributed by atoms with van der Waals surface area (Å²) >= 11 is 0. The summed E-state index contributed by atoms with van der Waals surface area (Å²) in [7, 11) is 2.55. The monoisotopic (exact) mass is 282 g/mol. The van der Waals surface area contributed by atoms with Crippen molar-refractivity contribution in [3.63, 3.8) is 0 Å². The summed E-state index contributed by atoms with van der Waals surface area (Å²) in [5.74, 6) is 0. The second kappa shape index (κ2) is 13.4. The van der Waals surface area contributed by atoms with E-state index in [0.717, 1.165) is 25.6 Å². The van der Waals surface area contributed by atoms with E-state index in [1.807, 2.05) is 0 Å². The largest absolute Gasteiger partial charge is 0.500 e. The second-order valence-electron chi connectivity index (χ2n) is 4.03. The standard InChI is InChI=1S/C8H22N2O3Si.C3H8O/c1-11-14(12-2,13-3)8-4-6-10-7-5-9;1-3(2)4/h10H,4-9H2,1-3H3;3-4H,1-2H3. The molecule has 0 bridgehead atoms. The number of aliphatic hydroxyl groups is 1. The summed E-state index contributed by atoms with van der Waals surface area (Å²) in [4.78, 5) is 0. The molecule has 0 rings (SSSR count). The maximum absolute atomic E-state index is 8.06. The molecule has 18 heavy (non-hydrogen) atoms. The lowest BCUT2D eigenvalue weighted by atomic mass is 10.5. The molecule has 0 saturated heterocycles. The number of hydrogen-bond donors (Lipinski definition) is 3. The zero-order valence-corrected chi connectivity index (χ0v) is 13.4. The Bertz CT molecular complexity index is 158. The van der Waals surface area contributed by atoms with Crippen LogP contribution in [0.1, 0.15) is 20.3 Å². The highest BCUT2D eigenvalue weighted by Crippen LogP contribution is 2.13. The van der Waals surface area contributed by atoms with Crippen LogP contribution in [0.25, 0.3) is 0 Å². The van der Waals surface area contributed by atoms with E-state index in [2.05, 4.69) is 5.32 Å². The van der Waals surface area contributed by atoms with Crippen molar-refractivity contribution in [1.82, 2.24) is 5.32 Å². The van der Waals surface area contributed by atoms with Gasteiger partial charge in [0.05, 0.1) is 0 Å². The van der Waals surface area contributed by atoms with E-state index in [1.54, 1.807) is 35.2 Å². The average molecular weight is 282 g/mol. The highest BCUT2D eigenvalue weighted by Gasteiger charge is 2.36. The SMILES string of the molecule is CC(C)O.CO[Si](CCCNCCN)(OC)OC. The van der Waals surface area contributed by atoms with Crippen LogP contribution in [0.15, 0.2) is 0 Å². The van der Waals surface area contributed by atoms with Crippen molar-refractivity contribution in [2.24, 2.45) is 5.73 Å². The molecule has 0 aliphatic heterocycles. The molecule has 0 saturated carbocycles. The summed E-state index contributed by atoms with van der Waals surface area (Å²) in [5, 5.41) is 11.3. The lowest BCUT2D eigenvalue weighted by Gasteiger charge is -2.24. The van der Waals surface area contributed by atoms with Crippen molar-refractivity contribution in [2.75, 3.05) is 41.0 Å². The zero-order chi connectivity index (χ0) is 14.4. The van der Waals surface area contributed by atoms with Crippen LogP contribution < -0.4 is 11.1 Å². The molecule has 0 heterocycles. The molecule has 7 heteroatoms. The molecule has 0 aliphatic rings. The summed E-state index contributed by atoms with van der Waals surface area (Å²) in [6, 6.07) is 0.827. The van der Waals surface area contributed by atoms with Crippen LogP contribution in [0.3, 0.4) is 0 Å². The Balaban J connectivity index is 0. The Hall–Kier alpha value is -0.0231. The fourth-order valence-electron chi connectivity index (χ4n) is 1.21. The quantitative estimate of drug-likeness (QED) is 0.413. The van der Waals surface area contributed by atoms with E-state index in [9.17, 15) is 0 Å². The molecule has 0 atom stereocenters. The Labute approximate surface area is 112 Å². The van der Waals surface area contributed by atoms with Gasteiger partial charge in [0, 0.05) is 46.6 Å². The first-order valence-corrected chi connectivity index (χ1v) is 8.15. The minimum Gasteiger partial charge on any atom is -0.394 e. The maximum Gasteiger partial charge on any atom is 0.500 e. The predicted molar refractivity (Wildman–Crippen MR) is 75.5 cm³/mol. The van der Waals surface area contributed by atoms with Crippen LogP contribution >= 0.6 is 0 Å². The molecule has 0 spiro atoms. The van der Waals surface area contributed by atoms with Crippen molar-refractivity contribution in [3.8, 4) is 0 Å². The van der Waals surface area contributed by atoms with Gasteiger partial charge in [-0.2, -0.15) is 0 Å². The van der Waals surface area contributed by atoms with Gasteiger partial charge in [0.1, 0.15) is 0 Å².